The average molecular weight is 498 g/mol. The number of hydrogen-bond donors (Lipinski definition) is 2. The second-order valence-electron chi connectivity index (χ2n) is 7.46. The summed E-state index contributed by atoms with van der Waals surface area (Å²) in [5, 5.41) is 10.2. The molecule has 0 aliphatic heterocycles. The molecule has 0 saturated carbocycles. The number of ether oxygens (including phenoxy) is 1. The van der Waals surface area contributed by atoms with Gasteiger partial charge in [-0.2, -0.15) is 4.37 Å². The zero-order valence-corrected chi connectivity index (χ0v) is 19.5. The number of carbonyl (C=O) groups excluding carboxylic acids is 2. The molecule has 2 aromatic heterocycles. The van der Waals surface area contributed by atoms with Crippen molar-refractivity contribution >= 4 is 39.6 Å². The lowest BCUT2D eigenvalue weighted by atomic mass is 10.2. The third-order valence-electron chi connectivity index (χ3n) is 4.83. The Morgan fingerprint density at radius 2 is 1.94 bits per heavy atom. The number of hydrogen-bond acceptors (Lipinski definition) is 8. The maximum absolute atomic E-state index is 13.2. The predicted molar refractivity (Wildman–Crippen MR) is 127 cm³/mol. The third kappa shape index (κ3) is 5.76. The molecule has 0 bridgehead atoms. The van der Waals surface area contributed by atoms with Crippen molar-refractivity contribution in [3.05, 3.63) is 76.1 Å². The van der Waals surface area contributed by atoms with Crippen LogP contribution in [0.1, 0.15) is 11.4 Å². The molecule has 180 valence electrons. The summed E-state index contributed by atoms with van der Waals surface area (Å²) in [6, 6.07) is 12.1. The number of urea groups is 1. The van der Waals surface area contributed by atoms with Crippen molar-refractivity contribution in [3.63, 3.8) is 0 Å². The molecule has 2 N–H and O–H groups in total. The first-order valence-electron chi connectivity index (χ1n) is 10.3. The van der Waals surface area contributed by atoms with E-state index in [1.54, 1.807) is 36.4 Å². The van der Waals surface area contributed by atoms with Crippen molar-refractivity contribution < 1.29 is 18.7 Å². The summed E-state index contributed by atoms with van der Waals surface area (Å²) in [4.78, 5) is 42.3. The number of aromatic nitrogens is 4. The Balaban J connectivity index is 1.34. The van der Waals surface area contributed by atoms with Gasteiger partial charge in [0.2, 0.25) is 11.0 Å². The van der Waals surface area contributed by atoms with Crippen molar-refractivity contribution in [2.45, 2.75) is 13.1 Å². The Kier molecular flexibility index (Phi) is 6.96. The van der Waals surface area contributed by atoms with Crippen molar-refractivity contribution in [3.8, 4) is 5.88 Å². The molecule has 11 nitrogen and oxygen atoms in total. The summed E-state index contributed by atoms with van der Waals surface area (Å²) in [6.45, 7) is 0.142. The molecular formula is C22H20FN7O4S. The number of rotatable bonds is 6. The molecule has 0 fully saturated rings. The van der Waals surface area contributed by atoms with Crippen LogP contribution in [-0.2, 0) is 20.1 Å². The van der Waals surface area contributed by atoms with Crippen LogP contribution in [0.3, 0.4) is 0 Å². The largest absolute Gasteiger partial charge is 0.416 e. The summed E-state index contributed by atoms with van der Waals surface area (Å²) in [6.07, 6.45) is -0.724. The Labute approximate surface area is 202 Å². The number of fused-ring (bicyclic) bond motifs is 1. The van der Waals surface area contributed by atoms with Crippen LogP contribution in [0.4, 0.5) is 19.1 Å². The smallest absolute Gasteiger partial charge is 0.389 e. The van der Waals surface area contributed by atoms with Gasteiger partial charge in [-0.3, -0.25) is 10.1 Å². The molecule has 3 amide bonds. The molecule has 4 aromatic rings. The van der Waals surface area contributed by atoms with E-state index in [9.17, 15) is 18.8 Å². The van der Waals surface area contributed by atoms with Crippen molar-refractivity contribution in [2.24, 2.45) is 7.05 Å². The van der Waals surface area contributed by atoms with Crippen molar-refractivity contribution in [1.82, 2.24) is 29.4 Å². The minimum Gasteiger partial charge on any atom is -0.389 e. The minimum atomic E-state index is -0.724. The van der Waals surface area contributed by atoms with Gasteiger partial charge >= 0.3 is 12.1 Å². The normalized spacial score (nSPS) is 10.7. The van der Waals surface area contributed by atoms with E-state index >= 15 is 0 Å². The Hall–Kier alpha value is -4.39. The molecule has 2 heterocycles. The highest BCUT2D eigenvalue weighted by atomic mass is 32.1. The lowest BCUT2D eigenvalue weighted by Crippen LogP contribution is -2.31. The van der Waals surface area contributed by atoms with Crippen LogP contribution < -0.4 is 20.9 Å². The summed E-state index contributed by atoms with van der Waals surface area (Å²) in [5.41, 5.74) is 0.305. The van der Waals surface area contributed by atoms with Crippen molar-refractivity contribution in [1.29, 1.82) is 0 Å². The van der Waals surface area contributed by atoms with Gasteiger partial charge in [-0.05, 0) is 29.8 Å². The van der Waals surface area contributed by atoms with Gasteiger partial charge < -0.3 is 15.0 Å². The molecule has 35 heavy (non-hydrogen) atoms. The fourth-order valence-corrected chi connectivity index (χ4v) is 3.69. The van der Waals surface area contributed by atoms with Crippen LogP contribution in [0.15, 0.2) is 53.3 Å². The summed E-state index contributed by atoms with van der Waals surface area (Å²) in [5.74, 6) is -0.0994. The van der Waals surface area contributed by atoms with Gasteiger partial charge in [0, 0.05) is 32.2 Å². The molecule has 0 atom stereocenters. The van der Waals surface area contributed by atoms with E-state index in [2.05, 4.69) is 25.1 Å². The van der Waals surface area contributed by atoms with E-state index in [1.165, 1.54) is 31.1 Å². The van der Waals surface area contributed by atoms with Crippen LogP contribution in [0.2, 0.25) is 0 Å². The zero-order valence-electron chi connectivity index (χ0n) is 18.7. The highest BCUT2D eigenvalue weighted by Gasteiger charge is 2.18. The topological polar surface area (TPSA) is 131 Å². The van der Waals surface area contributed by atoms with Gasteiger partial charge in [-0.1, -0.05) is 24.3 Å². The van der Waals surface area contributed by atoms with Gasteiger partial charge in [-0.25, -0.2) is 23.6 Å². The van der Waals surface area contributed by atoms with Crippen LogP contribution in [0.5, 0.6) is 5.88 Å². The SMILES string of the molecule is CN(Cc1nsc(NC(=O)NCc2cccc(F)c2)n1)C(=O)Oc1nn(C)c(=O)c2ccccc12. The van der Waals surface area contributed by atoms with E-state index in [4.69, 9.17) is 4.74 Å². The first kappa shape index (κ1) is 23.8. The number of halogens is 1. The number of carbonyl (C=O) groups is 2. The molecule has 0 radical (unpaired) electrons. The zero-order chi connectivity index (χ0) is 24.9. The van der Waals surface area contributed by atoms with Gasteiger partial charge in [0.05, 0.1) is 17.3 Å². The van der Waals surface area contributed by atoms with E-state index in [1.807, 2.05) is 0 Å². The molecule has 2 aromatic carbocycles. The number of amides is 3. The van der Waals surface area contributed by atoms with Gasteiger partial charge in [0.25, 0.3) is 5.56 Å². The molecule has 0 saturated heterocycles. The van der Waals surface area contributed by atoms with Crippen LogP contribution in [-0.4, -0.2) is 43.2 Å². The Morgan fingerprint density at radius 3 is 2.71 bits per heavy atom. The van der Waals surface area contributed by atoms with E-state index in [0.29, 0.717) is 16.3 Å². The van der Waals surface area contributed by atoms with Crippen LogP contribution in [0.25, 0.3) is 10.8 Å². The molecule has 0 spiro atoms. The molecule has 0 unspecified atom stereocenters. The summed E-state index contributed by atoms with van der Waals surface area (Å²) < 4.78 is 23.9. The highest BCUT2D eigenvalue weighted by molar-refractivity contribution is 7.09. The molecule has 13 heteroatoms. The second kappa shape index (κ2) is 10.3. The van der Waals surface area contributed by atoms with E-state index in [-0.39, 0.29) is 41.3 Å². The first-order valence-corrected chi connectivity index (χ1v) is 11.1. The summed E-state index contributed by atoms with van der Waals surface area (Å²) >= 11 is 0.943. The van der Waals surface area contributed by atoms with E-state index in [0.717, 1.165) is 16.2 Å². The van der Waals surface area contributed by atoms with Gasteiger partial charge in [0.1, 0.15) is 5.82 Å². The fraction of sp³-hybridized carbons (Fsp3) is 0.182. The minimum absolute atomic E-state index is 0.00288. The maximum Gasteiger partial charge on any atom is 0.416 e. The maximum atomic E-state index is 13.2. The number of benzene rings is 2. The second-order valence-corrected chi connectivity index (χ2v) is 8.21. The first-order chi connectivity index (χ1) is 16.8. The number of aryl methyl sites for hydroxylation is 1. The van der Waals surface area contributed by atoms with E-state index < -0.39 is 12.1 Å². The van der Waals surface area contributed by atoms with Crippen LogP contribution in [0, 0.1) is 5.82 Å². The van der Waals surface area contributed by atoms with Crippen LogP contribution >= 0.6 is 11.5 Å². The monoisotopic (exact) mass is 497 g/mol. The highest BCUT2D eigenvalue weighted by Crippen LogP contribution is 2.21. The van der Waals surface area contributed by atoms with Gasteiger partial charge in [0.15, 0.2) is 5.82 Å². The fourth-order valence-electron chi connectivity index (χ4n) is 3.12. The average Bonchev–Trinajstić information content (AvgIpc) is 3.27. The number of anilines is 1. The molecule has 0 aliphatic rings. The van der Waals surface area contributed by atoms with Gasteiger partial charge in [-0.15, -0.1) is 5.10 Å². The quantitative estimate of drug-likeness (QED) is 0.419. The lowest BCUT2D eigenvalue weighted by Gasteiger charge is -2.15. The molecular weight excluding hydrogens is 477 g/mol. The standard InChI is InChI=1S/C22H20FN7O4S/c1-29(22(33)34-18-15-8-3-4-9-16(15)19(31)30(2)27-18)12-17-25-21(35-28-17)26-20(32)24-11-13-6-5-7-14(23)10-13/h3-10H,11-12H2,1-2H3,(H2,24,25,26,28,32). The lowest BCUT2D eigenvalue weighted by molar-refractivity contribution is 0.157. The number of nitrogens with zero attached hydrogens (tertiary/aromatic N) is 5. The Bertz CT molecular complexity index is 1460. The number of nitrogens with one attached hydrogen (secondary N) is 2. The summed E-state index contributed by atoms with van der Waals surface area (Å²) in [7, 11) is 2.96. The third-order valence-corrected chi connectivity index (χ3v) is 5.50. The predicted octanol–water partition coefficient (Wildman–Crippen LogP) is 2.88. The molecule has 0 aliphatic carbocycles. The van der Waals surface area contributed by atoms with Crippen molar-refractivity contribution in [2.75, 3.05) is 12.4 Å². The molecule has 4 rings (SSSR count). The Morgan fingerprint density at radius 1 is 1.17 bits per heavy atom.